The van der Waals surface area contributed by atoms with Crippen LogP contribution >= 0.6 is 0 Å². The van der Waals surface area contributed by atoms with Gasteiger partial charge >= 0.3 is 0 Å². The van der Waals surface area contributed by atoms with Crippen molar-refractivity contribution >= 4 is 15.7 Å². The Morgan fingerprint density at radius 3 is 2.36 bits per heavy atom. The summed E-state index contributed by atoms with van der Waals surface area (Å²) in [6.07, 6.45) is 0.792. The summed E-state index contributed by atoms with van der Waals surface area (Å²) in [7, 11) is -3.94. The van der Waals surface area contributed by atoms with Crippen molar-refractivity contribution in [1.29, 1.82) is 5.26 Å². The zero-order chi connectivity index (χ0) is 18.8. The fourth-order valence-electron chi connectivity index (χ4n) is 2.05. The number of amides is 1. The predicted octanol–water partition coefficient (Wildman–Crippen LogP) is 2.31. The molecule has 9 heteroatoms. The van der Waals surface area contributed by atoms with Gasteiger partial charge in [0.2, 0.25) is 0 Å². The molecule has 2 aromatic rings. The van der Waals surface area contributed by atoms with Crippen molar-refractivity contribution in [3.05, 3.63) is 64.5 Å². The summed E-state index contributed by atoms with van der Waals surface area (Å²) >= 11 is 0. The largest absolute Gasteiger partial charge is 0.348 e. The molecule has 0 aromatic heterocycles. The van der Waals surface area contributed by atoms with E-state index in [4.69, 9.17) is 5.26 Å². The lowest BCUT2D eigenvalue weighted by Crippen LogP contribution is -2.25. The number of nitriles is 1. The Balaban J connectivity index is 2.35. The molecule has 0 aliphatic heterocycles. The Labute approximate surface area is 141 Å². The standard InChI is InChI=1S/C16H11F3N2O3S/c1-25(23,24)15-6-13(18)10(7-20)5-11(15)16(22)21-8-9-2-3-12(17)14(19)4-9/h2-6H,8H2,1H3,(H,21,22). The second-order valence-corrected chi connectivity index (χ2v) is 7.13. The van der Waals surface area contributed by atoms with Gasteiger partial charge in [-0.25, -0.2) is 21.6 Å². The minimum atomic E-state index is -3.94. The van der Waals surface area contributed by atoms with Gasteiger partial charge in [0.05, 0.1) is 16.0 Å². The molecular formula is C16H11F3N2O3S. The number of sulfone groups is 1. The highest BCUT2D eigenvalue weighted by atomic mass is 32.2. The number of benzene rings is 2. The zero-order valence-electron chi connectivity index (χ0n) is 12.8. The van der Waals surface area contributed by atoms with Gasteiger partial charge in [-0.15, -0.1) is 0 Å². The highest BCUT2D eigenvalue weighted by molar-refractivity contribution is 7.90. The van der Waals surface area contributed by atoms with Crippen molar-refractivity contribution < 1.29 is 26.4 Å². The van der Waals surface area contributed by atoms with Crippen molar-refractivity contribution in [1.82, 2.24) is 5.32 Å². The summed E-state index contributed by atoms with van der Waals surface area (Å²) < 4.78 is 63.2. The molecule has 0 aliphatic rings. The van der Waals surface area contributed by atoms with E-state index in [-0.39, 0.29) is 12.1 Å². The Morgan fingerprint density at radius 1 is 1.12 bits per heavy atom. The molecule has 0 saturated heterocycles. The molecule has 0 aliphatic carbocycles. The van der Waals surface area contributed by atoms with E-state index in [1.165, 1.54) is 12.1 Å². The van der Waals surface area contributed by atoms with Crippen LogP contribution in [0.4, 0.5) is 13.2 Å². The van der Waals surface area contributed by atoms with Gasteiger partial charge in [0.25, 0.3) is 5.91 Å². The van der Waals surface area contributed by atoms with Gasteiger partial charge < -0.3 is 5.32 Å². The van der Waals surface area contributed by atoms with Crippen molar-refractivity contribution in [2.24, 2.45) is 0 Å². The molecule has 0 radical (unpaired) electrons. The third-order valence-electron chi connectivity index (χ3n) is 3.27. The summed E-state index contributed by atoms with van der Waals surface area (Å²) in [6.45, 7) is -0.224. The molecular weight excluding hydrogens is 357 g/mol. The van der Waals surface area contributed by atoms with Crippen molar-refractivity contribution in [3.8, 4) is 6.07 Å². The molecule has 2 aromatic carbocycles. The van der Waals surface area contributed by atoms with E-state index < -0.39 is 49.2 Å². The molecule has 1 amide bonds. The first-order valence-corrected chi connectivity index (χ1v) is 8.68. The SMILES string of the molecule is CS(=O)(=O)c1cc(F)c(C#N)cc1C(=O)NCc1ccc(F)c(F)c1. The predicted molar refractivity (Wildman–Crippen MR) is 81.8 cm³/mol. The van der Waals surface area contributed by atoms with E-state index >= 15 is 0 Å². The number of hydrogen-bond acceptors (Lipinski definition) is 4. The minimum absolute atomic E-state index is 0.224. The third-order valence-corrected chi connectivity index (χ3v) is 4.41. The van der Waals surface area contributed by atoms with Gasteiger partial charge in [-0.3, -0.25) is 4.79 Å². The molecule has 130 valence electrons. The number of nitrogens with one attached hydrogen (secondary N) is 1. The van der Waals surface area contributed by atoms with Crippen LogP contribution in [-0.2, 0) is 16.4 Å². The highest BCUT2D eigenvalue weighted by Gasteiger charge is 2.22. The first-order chi connectivity index (χ1) is 11.6. The smallest absolute Gasteiger partial charge is 0.252 e. The van der Waals surface area contributed by atoms with Crippen molar-refractivity contribution in [3.63, 3.8) is 0 Å². The van der Waals surface area contributed by atoms with Crippen LogP contribution in [0.3, 0.4) is 0 Å². The molecule has 2 rings (SSSR count). The van der Waals surface area contributed by atoms with Gasteiger partial charge in [0.15, 0.2) is 21.5 Å². The van der Waals surface area contributed by atoms with Crippen LogP contribution in [0.25, 0.3) is 0 Å². The maximum absolute atomic E-state index is 13.7. The first-order valence-electron chi connectivity index (χ1n) is 6.79. The van der Waals surface area contributed by atoms with Gasteiger partial charge in [-0.2, -0.15) is 5.26 Å². The summed E-state index contributed by atoms with van der Waals surface area (Å²) in [6, 6.07) is 5.93. The monoisotopic (exact) mass is 368 g/mol. The number of carbonyl (C=O) groups excluding carboxylic acids is 1. The van der Waals surface area contributed by atoms with Crippen LogP contribution in [0.1, 0.15) is 21.5 Å². The van der Waals surface area contributed by atoms with Crippen LogP contribution in [-0.4, -0.2) is 20.6 Å². The van der Waals surface area contributed by atoms with E-state index in [9.17, 15) is 26.4 Å². The molecule has 0 heterocycles. The van der Waals surface area contributed by atoms with Gasteiger partial charge in [-0.05, 0) is 29.8 Å². The molecule has 0 atom stereocenters. The summed E-state index contributed by atoms with van der Waals surface area (Å²) in [5, 5.41) is 11.2. The third kappa shape index (κ3) is 4.16. The average Bonchev–Trinajstić information content (AvgIpc) is 2.54. The summed E-state index contributed by atoms with van der Waals surface area (Å²) in [5.74, 6) is -4.12. The Bertz CT molecular complexity index is 998. The lowest BCUT2D eigenvalue weighted by molar-refractivity contribution is 0.0947. The number of carbonyl (C=O) groups is 1. The van der Waals surface area contributed by atoms with Gasteiger partial charge in [0, 0.05) is 12.8 Å². The van der Waals surface area contributed by atoms with Crippen molar-refractivity contribution in [2.45, 2.75) is 11.4 Å². The topological polar surface area (TPSA) is 87.0 Å². The maximum Gasteiger partial charge on any atom is 0.252 e. The lowest BCUT2D eigenvalue weighted by atomic mass is 10.1. The Hall–Kier alpha value is -2.86. The molecule has 1 N–H and O–H groups in total. The van der Waals surface area contributed by atoms with E-state index in [0.29, 0.717) is 6.07 Å². The molecule has 25 heavy (non-hydrogen) atoms. The zero-order valence-corrected chi connectivity index (χ0v) is 13.6. The molecule has 0 fully saturated rings. The quantitative estimate of drug-likeness (QED) is 0.897. The van der Waals surface area contributed by atoms with Crippen LogP contribution in [0.15, 0.2) is 35.2 Å². The van der Waals surface area contributed by atoms with Crippen LogP contribution in [0.2, 0.25) is 0 Å². The number of rotatable bonds is 4. The molecule has 0 saturated carbocycles. The molecule has 5 nitrogen and oxygen atoms in total. The fourth-order valence-corrected chi connectivity index (χ4v) is 2.92. The van der Waals surface area contributed by atoms with E-state index in [2.05, 4.69) is 5.32 Å². The van der Waals surface area contributed by atoms with Crippen molar-refractivity contribution in [2.75, 3.05) is 6.26 Å². The Morgan fingerprint density at radius 2 is 1.80 bits per heavy atom. The van der Waals surface area contributed by atoms with E-state index in [1.54, 1.807) is 0 Å². The first kappa shape index (κ1) is 18.5. The molecule has 0 unspecified atom stereocenters. The van der Waals surface area contributed by atoms with Crippen LogP contribution in [0, 0.1) is 28.8 Å². The van der Waals surface area contributed by atoms with Crippen LogP contribution < -0.4 is 5.32 Å². The highest BCUT2D eigenvalue weighted by Crippen LogP contribution is 2.21. The lowest BCUT2D eigenvalue weighted by Gasteiger charge is -2.10. The summed E-state index contributed by atoms with van der Waals surface area (Å²) in [5.41, 5.74) is -0.677. The maximum atomic E-state index is 13.7. The van der Waals surface area contributed by atoms with Crippen LogP contribution in [0.5, 0.6) is 0 Å². The fraction of sp³-hybridized carbons (Fsp3) is 0.125. The number of hydrogen-bond donors (Lipinski definition) is 1. The molecule has 0 spiro atoms. The number of nitrogens with zero attached hydrogens (tertiary/aromatic N) is 1. The van der Waals surface area contributed by atoms with Gasteiger partial charge in [-0.1, -0.05) is 6.07 Å². The van der Waals surface area contributed by atoms with E-state index in [1.807, 2.05) is 0 Å². The van der Waals surface area contributed by atoms with E-state index in [0.717, 1.165) is 24.5 Å². The second kappa shape index (κ2) is 6.94. The molecule has 0 bridgehead atoms. The average molecular weight is 368 g/mol. The number of halogens is 3. The summed E-state index contributed by atoms with van der Waals surface area (Å²) in [4.78, 5) is 11.7. The van der Waals surface area contributed by atoms with Gasteiger partial charge in [0.1, 0.15) is 11.9 Å². The normalized spacial score (nSPS) is 11.0. The minimum Gasteiger partial charge on any atom is -0.348 e. The Kier molecular flexibility index (Phi) is 5.13. The second-order valence-electron chi connectivity index (χ2n) is 5.14.